The minimum absolute atomic E-state index is 0.0227. The van der Waals surface area contributed by atoms with Crippen molar-refractivity contribution in [3.8, 4) is 0 Å². The molecule has 0 aliphatic heterocycles. The molecular weight excluding hydrogens is 300 g/mol. The Labute approximate surface area is 122 Å². The van der Waals surface area contributed by atoms with Crippen molar-refractivity contribution in [2.45, 2.75) is 18.4 Å². The van der Waals surface area contributed by atoms with Gasteiger partial charge in [0.2, 0.25) is 10.0 Å². The number of benzene rings is 1. The first-order chi connectivity index (χ1) is 9.40. The van der Waals surface area contributed by atoms with E-state index in [0.29, 0.717) is 22.0 Å². The minimum atomic E-state index is -3.70. The summed E-state index contributed by atoms with van der Waals surface area (Å²) >= 11 is 5.95. The number of aromatic nitrogens is 2. The van der Waals surface area contributed by atoms with Crippen molar-refractivity contribution < 1.29 is 8.42 Å². The number of rotatable bonds is 4. The smallest absolute Gasteiger partial charge is 0.241 e. The van der Waals surface area contributed by atoms with Crippen LogP contribution in [0.25, 0.3) is 0 Å². The lowest BCUT2D eigenvalue weighted by molar-refractivity contribution is 0.580. The highest BCUT2D eigenvalue weighted by molar-refractivity contribution is 7.89. The van der Waals surface area contributed by atoms with Gasteiger partial charge in [0, 0.05) is 16.9 Å². The Morgan fingerprint density at radius 2 is 2.15 bits per heavy atom. The monoisotopic (exact) mass is 312 g/mol. The molecule has 0 fully saturated rings. The van der Waals surface area contributed by atoms with Gasteiger partial charge in [0.15, 0.2) is 0 Å². The van der Waals surface area contributed by atoms with E-state index in [-0.39, 0.29) is 11.4 Å². The number of halogens is 1. The summed E-state index contributed by atoms with van der Waals surface area (Å²) in [6.07, 6.45) is 1.51. The van der Waals surface area contributed by atoms with Gasteiger partial charge in [0.05, 0.1) is 17.1 Å². The quantitative estimate of drug-likeness (QED) is 0.834. The van der Waals surface area contributed by atoms with Crippen LogP contribution in [0.1, 0.15) is 11.3 Å². The fourth-order valence-electron chi connectivity index (χ4n) is 1.51. The van der Waals surface area contributed by atoms with Crippen LogP contribution in [0.5, 0.6) is 0 Å². The summed E-state index contributed by atoms with van der Waals surface area (Å²) in [5.41, 5.74) is 7.23. The third-order valence-corrected chi connectivity index (χ3v) is 4.51. The summed E-state index contributed by atoms with van der Waals surface area (Å²) in [6, 6.07) is 6.09. The number of sulfonamides is 1. The van der Waals surface area contributed by atoms with Gasteiger partial charge in [-0.3, -0.25) is 0 Å². The predicted molar refractivity (Wildman–Crippen MR) is 76.7 cm³/mol. The van der Waals surface area contributed by atoms with E-state index in [0.717, 1.165) is 0 Å². The van der Waals surface area contributed by atoms with Crippen molar-refractivity contribution >= 4 is 27.3 Å². The number of nitrogen functional groups attached to an aromatic ring is 1. The van der Waals surface area contributed by atoms with Crippen molar-refractivity contribution in [1.29, 1.82) is 0 Å². The first-order valence-corrected chi connectivity index (χ1v) is 7.58. The molecule has 0 spiro atoms. The van der Waals surface area contributed by atoms with E-state index in [9.17, 15) is 8.42 Å². The van der Waals surface area contributed by atoms with Crippen LogP contribution in [-0.2, 0) is 16.6 Å². The Bertz CT molecular complexity index is 696. The average molecular weight is 313 g/mol. The lowest BCUT2D eigenvalue weighted by atomic mass is 10.2. The Balaban J connectivity index is 2.23. The van der Waals surface area contributed by atoms with Gasteiger partial charge in [-0.15, -0.1) is 0 Å². The number of hydrogen-bond donors (Lipinski definition) is 2. The minimum Gasteiger partial charge on any atom is -0.398 e. The number of nitrogens with zero attached hydrogens (tertiary/aromatic N) is 2. The number of nitrogens with one attached hydrogen (secondary N) is 1. The van der Waals surface area contributed by atoms with Gasteiger partial charge in [-0.25, -0.2) is 13.1 Å². The van der Waals surface area contributed by atoms with Crippen molar-refractivity contribution in [2.24, 2.45) is 0 Å². The second kappa shape index (κ2) is 5.74. The molecule has 3 N–H and O–H groups in total. The van der Waals surface area contributed by atoms with Crippen LogP contribution < -0.4 is 10.5 Å². The maximum atomic E-state index is 12.1. The molecule has 20 heavy (non-hydrogen) atoms. The van der Waals surface area contributed by atoms with E-state index in [1.54, 1.807) is 19.1 Å². The normalized spacial score (nSPS) is 11.5. The lowest BCUT2D eigenvalue weighted by Crippen LogP contribution is -2.24. The molecular formula is C12H13ClN4O2S. The van der Waals surface area contributed by atoms with Crippen LogP contribution >= 0.6 is 11.6 Å². The highest BCUT2D eigenvalue weighted by Gasteiger charge is 2.16. The average Bonchev–Trinajstić information content (AvgIpc) is 2.43. The maximum absolute atomic E-state index is 12.1. The van der Waals surface area contributed by atoms with Gasteiger partial charge in [-0.2, -0.15) is 10.2 Å². The number of anilines is 1. The molecule has 0 aliphatic rings. The fourth-order valence-corrected chi connectivity index (χ4v) is 2.86. The molecule has 0 saturated carbocycles. The zero-order chi connectivity index (χ0) is 14.8. The summed E-state index contributed by atoms with van der Waals surface area (Å²) in [5.74, 6) is 0. The first kappa shape index (κ1) is 14.7. The van der Waals surface area contributed by atoms with Crippen molar-refractivity contribution in [3.63, 3.8) is 0 Å². The maximum Gasteiger partial charge on any atom is 0.241 e. The highest BCUT2D eigenvalue weighted by atomic mass is 35.5. The molecule has 2 rings (SSSR count). The largest absolute Gasteiger partial charge is 0.398 e. The van der Waals surface area contributed by atoms with Crippen LogP contribution in [-0.4, -0.2) is 18.6 Å². The molecule has 8 heteroatoms. The van der Waals surface area contributed by atoms with Gasteiger partial charge in [0.25, 0.3) is 0 Å². The van der Waals surface area contributed by atoms with E-state index in [1.807, 2.05) is 0 Å². The van der Waals surface area contributed by atoms with Gasteiger partial charge in [-0.1, -0.05) is 11.6 Å². The van der Waals surface area contributed by atoms with Gasteiger partial charge in [0.1, 0.15) is 0 Å². The molecule has 2 aromatic rings. The van der Waals surface area contributed by atoms with Crippen LogP contribution in [0, 0.1) is 6.92 Å². The predicted octanol–water partition coefficient (Wildman–Crippen LogP) is 1.50. The third-order valence-electron chi connectivity index (χ3n) is 2.74. The van der Waals surface area contributed by atoms with E-state index in [4.69, 9.17) is 17.3 Å². The molecule has 0 radical (unpaired) electrons. The first-order valence-electron chi connectivity index (χ1n) is 5.72. The van der Waals surface area contributed by atoms with E-state index in [2.05, 4.69) is 14.9 Å². The molecule has 0 bridgehead atoms. The summed E-state index contributed by atoms with van der Waals surface area (Å²) in [6.45, 7) is 1.77. The zero-order valence-electron chi connectivity index (χ0n) is 10.7. The van der Waals surface area contributed by atoms with Crippen LogP contribution in [0.2, 0.25) is 5.02 Å². The van der Waals surface area contributed by atoms with Crippen LogP contribution in [0.3, 0.4) is 0 Å². The standard InChI is InChI=1S/C12H13ClN4O2S/c1-8-11(13)5-10(6-12(8)14)20(18,19)16-7-9-3-2-4-15-17-9/h2-6,16H,7,14H2,1H3. The molecule has 1 aromatic carbocycles. The highest BCUT2D eigenvalue weighted by Crippen LogP contribution is 2.25. The molecule has 6 nitrogen and oxygen atoms in total. The Kier molecular flexibility index (Phi) is 4.22. The van der Waals surface area contributed by atoms with Gasteiger partial charge in [-0.05, 0) is 36.8 Å². The van der Waals surface area contributed by atoms with Crippen LogP contribution in [0.4, 0.5) is 5.69 Å². The molecule has 0 amide bonds. The second-order valence-electron chi connectivity index (χ2n) is 4.16. The summed E-state index contributed by atoms with van der Waals surface area (Å²) in [7, 11) is -3.70. The number of nitrogens with two attached hydrogens (primary N) is 1. The van der Waals surface area contributed by atoms with Crippen molar-refractivity contribution in [2.75, 3.05) is 5.73 Å². The summed E-state index contributed by atoms with van der Waals surface area (Å²) in [5, 5.41) is 7.78. The van der Waals surface area contributed by atoms with Gasteiger partial charge < -0.3 is 5.73 Å². The Morgan fingerprint density at radius 3 is 2.75 bits per heavy atom. The zero-order valence-corrected chi connectivity index (χ0v) is 12.2. The molecule has 0 unspecified atom stereocenters. The molecule has 0 atom stereocenters. The topological polar surface area (TPSA) is 98.0 Å². The molecule has 0 saturated heterocycles. The summed E-state index contributed by atoms with van der Waals surface area (Å²) in [4.78, 5) is 0.0227. The number of hydrogen-bond acceptors (Lipinski definition) is 5. The fraction of sp³-hybridized carbons (Fsp3) is 0.167. The molecule has 1 heterocycles. The van der Waals surface area contributed by atoms with E-state index < -0.39 is 10.0 Å². The Morgan fingerprint density at radius 1 is 1.40 bits per heavy atom. The lowest BCUT2D eigenvalue weighted by Gasteiger charge is -2.09. The van der Waals surface area contributed by atoms with Crippen LogP contribution in [0.15, 0.2) is 35.4 Å². The van der Waals surface area contributed by atoms with E-state index >= 15 is 0 Å². The molecule has 106 valence electrons. The third kappa shape index (κ3) is 3.24. The van der Waals surface area contributed by atoms with Crippen molar-refractivity contribution in [1.82, 2.24) is 14.9 Å². The Hall–Kier alpha value is -1.70. The molecule has 0 aliphatic carbocycles. The van der Waals surface area contributed by atoms with Crippen molar-refractivity contribution in [3.05, 3.63) is 46.7 Å². The summed E-state index contributed by atoms with van der Waals surface area (Å²) < 4.78 is 26.7. The SMILES string of the molecule is Cc1c(N)cc(S(=O)(=O)NCc2cccnn2)cc1Cl. The second-order valence-corrected chi connectivity index (χ2v) is 6.33. The van der Waals surface area contributed by atoms with E-state index in [1.165, 1.54) is 18.3 Å². The molecule has 1 aromatic heterocycles. The van der Waals surface area contributed by atoms with Gasteiger partial charge >= 0.3 is 0 Å².